The summed E-state index contributed by atoms with van der Waals surface area (Å²) in [6, 6.07) is 9.65. The number of pyridine rings is 1. The molecule has 1 unspecified atom stereocenters. The van der Waals surface area contributed by atoms with E-state index in [-0.39, 0.29) is 11.3 Å². The molecular weight excluding hydrogens is 417 g/mol. The van der Waals surface area contributed by atoms with E-state index in [2.05, 4.69) is 20.6 Å². The molecule has 1 fully saturated rings. The van der Waals surface area contributed by atoms with Gasteiger partial charge in [0, 0.05) is 17.3 Å². The second-order valence-electron chi connectivity index (χ2n) is 7.37. The van der Waals surface area contributed by atoms with Crippen molar-refractivity contribution >= 4 is 33.9 Å². The molecule has 0 saturated heterocycles. The van der Waals surface area contributed by atoms with Crippen LogP contribution in [0.1, 0.15) is 43.1 Å². The van der Waals surface area contributed by atoms with Crippen LogP contribution >= 0.6 is 11.6 Å². The van der Waals surface area contributed by atoms with E-state index < -0.39 is 11.8 Å². The topological polar surface area (TPSA) is 105 Å². The summed E-state index contributed by atoms with van der Waals surface area (Å²) in [5, 5.41) is 21.6. The number of halogens is 2. The van der Waals surface area contributed by atoms with Crippen molar-refractivity contribution in [1.29, 1.82) is 5.26 Å². The van der Waals surface area contributed by atoms with Gasteiger partial charge in [0.05, 0.1) is 41.4 Å². The molecular formula is C22H17ClFN7. The van der Waals surface area contributed by atoms with Crippen LogP contribution in [0.2, 0.25) is 5.02 Å². The molecule has 4 aromatic rings. The normalized spacial score (nSPS) is 15.8. The van der Waals surface area contributed by atoms with Crippen molar-refractivity contribution in [2.24, 2.45) is 0 Å². The number of nitrogens with two attached hydrogens (primary N) is 1. The highest BCUT2D eigenvalue weighted by Gasteiger charge is 2.27. The highest BCUT2D eigenvalue weighted by molar-refractivity contribution is 6.35. The van der Waals surface area contributed by atoms with Crippen molar-refractivity contribution in [3.05, 3.63) is 76.5 Å². The zero-order valence-electron chi connectivity index (χ0n) is 17.2. The number of hydrogen-bond acceptors (Lipinski definition) is 6. The van der Waals surface area contributed by atoms with Crippen LogP contribution in [0.15, 0.2) is 48.8 Å². The molecule has 1 saturated carbocycles. The third-order valence-corrected chi connectivity index (χ3v) is 5.46. The number of rotatable bonds is 5. The first-order valence-corrected chi connectivity index (χ1v) is 10.0. The summed E-state index contributed by atoms with van der Waals surface area (Å²) >= 11 is 6.44. The average Bonchev–Trinajstić information content (AvgIpc) is 3.51. The van der Waals surface area contributed by atoms with E-state index >= 15 is 0 Å². The van der Waals surface area contributed by atoms with E-state index in [4.69, 9.17) is 17.3 Å². The fourth-order valence-electron chi connectivity index (χ4n) is 3.39. The van der Waals surface area contributed by atoms with Gasteiger partial charge in [0.15, 0.2) is 0 Å². The van der Waals surface area contributed by atoms with E-state index in [1.807, 2.05) is 6.07 Å². The Morgan fingerprint density at radius 2 is 2.10 bits per heavy atom. The van der Waals surface area contributed by atoms with Crippen LogP contribution in [0.25, 0.3) is 10.9 Å². The van der Waals surface area contributed by atoms with Gasteiger partial charge in [0.1, 0.15) is 17.6 Å². The molecule has 0 bridgehead atoms. The summed E-state index contributed by atoms with van der Waals surface area (Å²) in [7, 11) is 0. The van der Waals surface area contributed by atoms with Crippen molar-refractivity contribution in [2.45, 2.75) is 24.9 Å². The van der Waals surface area contributed by atoms with Crippen LogP contribution in [-0.4, -0.2) is 20.0 Å². The first-order valence-electron chi connectivity index (χ1n) is 10.1. The van der Waals surface area contributed by atoms with Gasteiger partial charge in [0.2, 0.25) is 0 Å². The Balaban J connectivity index is 1.64. The van der Waals surface area contributed by atoms with Gasteiger partial charge < -0.3 is 11.1 Å². The van der Waals surface area contributed by atoms with Gasteiger partial charge in [-0.3, -0.25) is 4.98 Å². The Bertz CT molecular complexity index is 1380. The number of aromatic nitrogens is 4. The van der Waals surface area contributed by atoms with Gasteiger partial charge in [-0.1, -0.05) is 28.9 Å². The summed E-state index contributed by atoms with van der Waals surface area (Å²) in [4.78, 5) is 4.23. The molecule has 2 aromatic carbocycles. The Kier molecular flexibility index (Phi) is 4.39. The maximum atomic E-state index is 13.6. The molecule has 154 valence electrons. The van der Waals surface area contributed by atoms with Crippen molar-refractivity contribution in [3.8, 4) is 6.07 Å². The summed E-state index contributed by atoms with van der Waals surface area (Å²) in [5.74, 6) is -0.408. The highest BCUT2D eigenvalue weighted by atomic mass is 35.5. The molecule has 1 aliphatic carbocycles. The molecule has 2 aromatic heterocycles. The van der Waals surface area contributed by atoms with Crippen LogP contribution in [-0.2, 0) is 0 Å². The molecule has 0 radical (unpaired) electrons. The molecule has 3 N–H and O–H groups in total. The zero-order chi connectivity index (χ0) is 22.5. The molecule has 0 amide bonds. The largest absolute Gasteiger partial charge is 0.397 e. The van der Waals surface area contributed by atoms with Gasteiger partial charge in [-0.25, -0.2) is 9.07 Å². The Morgan fingerprint density at radius 3 is 2.81 bits per heavy atom. The lowest BCUT2D eigenvalue weighted by molar-refractivity contribution is 0.610. The lowest BCUT2D eigenvalue weighted by Gasteiger charge is -2.19. The fraction of sp³-hybridized carbons (Fsp3) is 0.182. The van der Waals surface area contributed by atoms with Crippen molar-refractivity contribution in [3.63, 3.8) is 0 Å². The molecule has 1 aliphatic rings. The first kappa shape index (κ1) is 18.1. The second kappa shape index (κ2) is 7.52. The lowest BCUT2D eigenvalue weighted by atomic mass is 10.0. The predicted octanol–water partition coefficient (Wildman–Crippen LogP) is 4.61. The molecule has 0 spiro atoms. The summed E-state index contributed by atoms with van der Waals surface area (Å²) < 4.78 is 24.6. The maximum absolute atomic E-state index is 13.6. The SMILES string of the molecule is [2H]C(Nc1cc(Cl)c2ncc(C#N)c(N)c2c1)(c1ccc(F)cc1)c1cn(C2CC2)nn1. The zero-order valence-corrected chi connectivity index (χ0v) is 16.9. The number of benzene rings is 2. The van der Waals surface area contributed by atoms with E-state index in [9.17, 15) is 11.0 Å². The molecule has 5 rings (SSSR count). The summed E-state index contributed by atoms with van der Waals surface area (Å²) in [6.45, 7) is 0. The van der Waals surface area contributed by atoms with Gasteiger partial charge >= 0.3 is 0 Å². The van der Waals surface area contributed by atoms with Gasteiger partial charge in [-0.05, 0) is 42.7 Å². The maximum Gasteiger partial charge on any atom is 0.123 e. The van der Waals surface area contributed by atoms with E-state index in [1.165, 1.54) is 30.5 Å². The number of nitriles is 1. The minimum atomic E-state index is -1.59. The molecule has 1 atom stereocenters. The minimum absolute atomic E-state index is 0.230. The van der Waals surface area contributed by atoms with Gasteiger partial charge in [0.25, 0.3) is 0 Å². The van der Waals surface area contributed by atoms with Crippen LogP contribution in [0.5, 0.6) is 0 Å². The van der Waals surface area contributed by atoms with Crippen molar-refractivity contribution in [1.82, 2.24) is 20.0 Å². The average molecular weight is 435 g/mol. The molecule has 2 heterocycles. The Morgan fingerprint density at radius 1 is 1.32 bits per heavy atom. The van der Waals surface area contributed by atoms with Crippen LogP contribution in [0, 0.1) is 17.1 Å². The number of nitrogens with one attached hydrogen (secondary N) is 1. The Hall–Kier alpha value is -3.70. The van der Waals surface area contributed by atoms with Crippen molar-refractivity contribution < 1.29 is 5.76 Å². The highest BCUT2D eigenvalue weighted by Crippen LogP contribution is 2.36. The standard InChI is InChI=1S/C22H17ClFN7/c23-18-8-15(7-17-20(26)13(9-25)10-27-22(17)18)28-21(12-1-3-14(24)4-2-12)19-11-31(30-29-19)16-5-6-16/h1-4,7-8,10-11,16,21,28H,5-6H2,(H2,26,27)/i21D. The third kappa shape index (κ3) is 3.64. The number of hydrogen-bond donors (Lipinski definition) is 2. The van der Waals surface area contributed by atoms with E-state index in [0.717, 1.165) is 12.8 Å². The predicted molar refractivity (Wildman–Crippen MR) is 116 cm³/mol. The molecule has 0 aliphatic heterocycles. The molecule has 9 heteroatoms. The summed E-state index contributed by atoms with van der Waals surface area (Å²) in [5.41, 5.74) is 8.36. The molecule has 7 nitrogen and oxygen atoms in total. The van der Waals surface area contributed by atoms with Crippen LogP contribution in [0.4, 0.5) is 15.8 Å². The smallest absolute Gasteiger partial charge is 0.123 e. The second-order valence-corrected chi connectivity index (χ2v) is 7.78. The third-order valence-electron chi connectivity index (χ3n) is 5.18. The van der Waals surface area contributed by atoms with Crippen molar-refractivity contribution in [2.75, 3.05) is 11.1 Å². The Labute approximate surface area is 183 Å². The van der Waals surface area contributed by atoms with E-state index in [1.54, 1.807) is 23.0 Å². The summed E-state index contributed by atoms with van der Waals surface area (Å²) in [6.07, 6.45) is 5.14. The number of nitrogens with zero attached hydrogens (tertiary/aromatic N) is 5. The quantitative estimate of drug-likeness (QED) is 0.475. The number of nitrogen functional groups attached to an aromatic ring is 1. The monoisotopic (exact) mass is 434 g/mol. The van der Waals surface area contributed by atoms with Crippen LogP contribution in [0.3, 0.4) is 0 Å². The van der Waals surface area contributed by atoms with Gasteiger partial charge in [-0.15, -0.1) is 5.10 Å². The van der Waals surface area contributed by atoms with E-state index in [0.29, 0.717) is 38.9 Å². The first-order chi connectivity index (χ1) is 15.4. The lowest BCUT2D eigenvalue weighted by Crippen LogP contribution is -2.13. The van der Waals surface area contributed by atoms with Gasteiger partial charge in [-0.2, -0.15) is 5.26 Å². The number of fused-ring (bicyclic) bond motifs is 1. The number of anilines is 2. The van der Waals surface area contributed by atoms with Crippen LogP contribution < -0.4 is 11.1 Å². The molecule has 31 heavy (non-hydrogen) atoms. The minimum Gasteiger partial charge on any atom is -0.397 e. The fourth-order valence-corrected chi connectivity index (χ4v) is 3.66.